The lowest BCUT2D eigenvalue weighted by atomic mass is 9.96. The number of hydrogen-bond acceptors (Lipinski definition) is 1. The molecule has 0 amide bonds. The number of nitrogens with zero attached hydrogens (tertiary/aromatic N) is 1. The van der Waals surface area contributed by atoms with Gasteiger partial charge in [-0.2, -0.15) is 0 Å². The number of hydrogen-bond donors (Lipinski definition) is 0. The fourth-order valence-electron chi connectivity index (χ4n) is 1.47. The van der Waals surface area contributed by atoms with Crippen molar-refractivity contribution in [2.24, 2.45) is 0 Å². The maximum atomic E-state index is 3.52. The SMILES string of the molecule is CN([Si])C1CCCCC1. The predicted octanol–water partition coefficient (Wildman–Crippen LogP) is 1.33. The Bertz CT molecular complexity index is 77.0. The van der Waals surface area contributed by atoms with E-state index in [4.69, 9.17) is 0 Å². The van der Waals surface area contributed by atoms with Crippen molar-refractivity contribution < 1.29 is 0 Å². The fraction of sp³-hybridized carbons (Fsp3) is 1.00. The molecule has 0 aliphatic heterocycles. The van der Waals surface area contributed by atoms with E-state index in [9.17, 15) is 0 Å². The summed E-state index contributed by atoms with van der Waals surface area (Å²) in [4.78, 5) is 0. The molecule has 0 heterocycles. The van der Waals surface area contributed by atoms with Gasteiger partial charge in [-0.15, -0.1) is 0 Å². The van der Waals surface area contributed by atoms with E-state index >= 15 is 0 Å². The normalized spacial score (nSPS) is 23.0. The molecule has 1 fully saturated rings. The number of rotatable bonds is 1. The molecule has 0 aromatic rings. The van der Waals surface area contributed by atoms with Crippen molar-refractivity contribution >= 4 is 10.4 Å². The Morgan fingerprint density at radius 3 is 2.11 bits per heavy atom. The Kier molecular flexibility index (Phi) is 2.73. The second-order valence-corrected chi connectivity index (χ2v) is 3.61. The van der Waals surface area contributed by atoms with Gasteiger partial charge in [0.15, 0.2) is 0 Å². The monoisotopic (exact) mass is 140 g/mol. The van der Waals surface area contributed by atoms with Crippen LogP contribution < -0.4 is 0 Å². The van der Waals surface area contributed by atoms with Gasteiger partial charge in [-0.05, 0) is 19.9 Å². The van der Waals surface area contributed by atoms with Gasteiger partial charge < -0.3 is 4.57 Å². The Morgan fingerprint density at radius 2 is 1.78 bits per heavy atom. The van der Waals surface area contributed by atoms with Gasteiger partial charge in [-0.25, -0.2) is 0 Å². The minimum absolute atomic E-state index is 0.801. The molecule has 1 rings (SSSR count). The van der Waals surface area contributed by atoms with Crippen LogP contribution in [-0.2, 0) is 0 Å². The van der Waals surface area contributed by atoms with E-state index in [1.807, 2.05) is 0 Å². The average molecular weight is 140 g/mol. The minimum Gasteiger partial charge on any atom is -0.327 e. The molecule has 0 saturated heterocycles. The Morgan fingerprint density at radius 1 is 1.22 bits per heavy atom. The first kappa shape index (κ1) is 7.29. The van der Waals surface area contributed by atoms with Crippen LogP contribution in [0.3, 0.4) is 0 Å². The molecule has 2 heteroatoms. The van der Waals surface area contributed by atoms with Crippen molar-refractivity contribution in [3.8, 4) is 0 Å². The second kappa shape index (κ2) is 3.37. The Balaban J connectivity index is 2.23. The first-order valence-electron chi connectivity index (χ1n) is 3.75. The van der Waals surface area contributed by atoms with Crippen LogP contribution in [0.2, 0.25) is 0 Å². The van der Waals surface area contributed by atoms with Gasteiger partial charge in [0.2, 0.25) is 0 Å². The van der Waals surface area contributed by atoms with E-state index in [0.29, 0.717) is 0 Å². The zero-order valence-corrected chi connectivity index (χ0v) is 7.06. The highest BCUT2D eigenvalue weighted by Gasteiger charge is 2.13. The minimum atomic E-state index is 0.801. The van der Waals surface area contributed by atoms with Crippen molar-refractivity contribution in [3.63, 3.8) is 0 Å². The third kappa shape index (κ3) is 2.10. The van der Waals surface area contributed by atoms with Crippen molar-refractivity contribution in [3.05, 3.63) is 0 Å². The van der Waals surface area contributed by atoms with E-state index in [1.54, 1.807) is 0 Å². The summed E-state index contributed by atoms with van der Waals surface area (Å²) in [7, 11) is 5.62. The summed E-state index contributed by atoms with van der Waals surface area (Å²) >= 11 is 0. The molecule has 0 atom stereocenters. The van der Waals surface area contributed by atoms with Crippen molar-refractivity contribution in [2.75, 3.05) is 7.05 Å². The molecule has 0 aromatic carbocycles. The van der Waals surface area contributed by atoms with Crippen LogP contribution in [-0.4, -0.2) is 28.1 Å². The van der Waals surface area contributed by atoms with Gasteiger partial charge in [0.05, 0.1) is 0 Å². The quantitative estimate of drug-likeness (QED) is 0.497. The summed E-state index contributed by atoms with van der Waals surface area (Å²) in [6.45, 7) is 0. The molecule has 0 bridgehead atoms. The highest BCUT2D eigenvalue weighted by molar-refractivity contribution is 6.04. The van der Waals surface area contributed by atoms with E-state index in [-0.39, 0.29) is 0 Å². The van der Waals surface area contributed by atoms with Gasteiger partial charge in [0.25, 0.3) is 0 Å². The van der Waals surface area contributed by atoms with Crippen LogP contribution in [0.4, 0.5) is 0 Å². The third-order valence-corrected chi connectivity index (χ3v) is 2.49. The summed E-state index contributed by atoms with van der Waals surface area (Å²) in [5.41, 5.74) is 0. The molecule has 0 aromatic heterocycles. The Labute approximate surface area is 60.9 Å². The lowest BCUT2D eigenvalue weighted by Crippen LogP contribution is -2.30. The smallest absolute Gasteiger partial charge is 0.143 e. The molecule has 3 radical (unpaired) electrons. The predicted molar refractivity (Wildman–Crippen MR) is 40.4 cm³/mol. The molecule has 1 nitrogen and oxygen atoms in total. The van der Waals surface area contributed by atoms with Crippen molar-refractivity contribution in [2.45, 2.75) is 38.1 Å². The van der Waals surface area contributed by atoms with E-state index in [0.717, 1.165) is 6.04 Å². The molecule has 51 valence electrons. The zero-order chi connectivity index (χ0) is 6.69. The van der Waals surface area contributed by atoms with Crippen LogP contribution in [0.15, 0.2) is 0 Å². The molecule has 1 saturated carbocycles. The second-order valence-electron chi connectivity index (χ2n) is 2.90. The van der Waals surface area contributed by atoms with E-state index in [1.165, 1.54) is 32.1 Å². The highest BCUT2D eigenvalue weighted by Crippen LogP contribution is 2.19. The average Bonchev–Trinajstić information content (AvgIpc) is 1.90. The largest absolute Gasteiger partial charge is 0.327 e. The summed E-state index contributed by atoms with van der Waals surface area (Å²) < 4.78 is 2.17. The molecule has 0 unspecified atom stereocenters. The Hall–Kier alpha value is 0.177. The molecular weight excluding hydrogens is 126 g/mol. The van der Waals surface area contributed by atoms with Crippen molar-refractivity contribution in [1.29, 1.82) is 0 Å². The lowest BCUT2D eigenvalue weighted by Gasteiger charge is -2.27. The van der Waals surface area contributed by atoms with Gasteiger partial charge in [-0.1, -0.05) is 19.3 Å². The van der Waals surface area contributed by atoms with Crippen LogP contribution in [0.1, 0.15) is 32.1 Å². The topological polar surface area (TPSA) is 3.24 Å². The van der Waals surface area contributed by atoms with Crippen molar-refractivity contribution in [1.82, 2.24) is 4.57 Å². The first-order valence-corrected chi connectivity index (χ1v) is 4.19. The van der Waals surface area contributed by atoms with Crippen LogP contribution in [0, 0.1) is 0 Å². The lowest BCUT2D eigenvalue weighted by molar-refractivity contribution is 0.296. The summed E-state index contributed by atoms with van der Waals surface area (Å²) in [5, 5.41) is 0. The fourth-order valence-corrected chi connectivity index (χ4v) is 1.73. The summed E-state index contributed by atoms with van der Waals surface area (Å²) in [6.07, 6.45) is 7.02. The standard InChI is InChI=1S/C7H14NSi/c1-8(9)7-5-3-2-4-6-7/h7H,2-6H2,1H3. The molecule has 0 N–H and O–H groups in total. The van der Waals surface area contributed by atoms with Crippen LogP contribution in [0.25, 0.3) is 0 Å². The van der Waals surface area contributed by atoms with Gasteiger partial charge in [0.1, 0.15) is 10.4 Å². The molecule has 1 aliphatic carbocycles. The highest BCUT2D eigenvalue weighted by atomic mass is 28.2. The van der Waals surface area contributed by atoms with E-state index in [2.05, 4.69) is 22.0 Å². The van der Waals surface area contributed by atoms with Crippen LogP contribution >= 0.6 is 0 Å². The maximum absolute atomic E-state index is 3.52. The molecule has 1 aliphatic rings. The molecular formula is C7H14NSi. The van der Waals surface area contributed by atoms with Gasteiger partial charge in [-0.3, -0.25) is 0 Å². The van der Waals surface area contributed by atoms with Gasteiger partial charge in [0, 0.05) is 6.04 Å². The van der Waals surface area contributed by atoms with Gasteiger partial charge >= 0.3 is 0 Å². The van der Waals surface area contributed by atoms with E-state index < -0.39 is 0 Å². The van der Waals surface area contributed by atoms with Crippen LogP contribution in [0.5, 0.6) is 0 Å². The zero-order valence-electron chi connectivity index (χ0n) is 6.06. The summed E-state index contributed by atoms with van der Waals surface area (Å²) in [5.74, 6) is 0. The first-order chi connectivity index (χ1) is 4.30. The molecule has 0 spiro atoms. The summed E-state index contributed by atoms with van der Waals surface area (Å²) in [6, 6.07) is 0.801. The third-order valence-electron chi connectivity index (χ3n) is 2.12. The maximum Gasteiger partial charge on any atom is 0.143 e. The molecule has 9 heavy (non-hydrogen) atoms.